The topological polar surface area (TPSA) is 253 Å². The van der Waals surface area contributed by atoms with Gasteiger partial charge >= 0.3 is 156 Å². The second-order valence-corrected chi connectivity index (χ2v) is 23.4. The van der Waals surface area contributed by atoms with Crippen molar-refractivity contribution in [2.24, 2.45) is 20.0 Å². The van der Waals surface area contributed by atoms with E-state index in [-0.39, 0.29) is 157 Å². The Bertz CT molecular complexity index is 3500. The van der Waals surface area contributed by atoms with E-state index in [1.54, 1.807) is 0 Å². The number of carbonyl (C=O) groups is 1. The first-order chi connectivity index (χ1) is 36.0. The number of halogens is 1. The summed E-state index contributed by atoms with van der Waals surface area (Å²) in [6.07, 6.45) is 10.1. The van der Waals surface area contributed by atoms with Gasteiger partial charge in [0, 0.05) is 71.2 Å². The minimum atomic E-state index is -0.589. The van der Waals surface area contributed by atoms with E-state index in [1.165, 1.54) is 84.2 Å². The summed E-state index contributed by atoms with van der Waals surface area (Å²) in [7, 11) is 3.54. The molecular formula is C55H70BBrCs2N10O9. The SMILES string of the molecule is CC(C)C.Cc1noc(C)c1-c1cc(-c2c(C3CC3)nn(C)c2C2CC2)c2[nH]c(=O)[nH]c2c1.Cc1noc(C)c1-c1cc(B2OC(C)(C)C(C)(C)O2)c2[nH]c(=O)[nH]c2c1.Cn1nc(C2CC2)c(Br)c1C1CC1.O=CO[O-].[Cs+].[Cs+].[H-]. The Morgan fingerprint density at radius 2 is 1.09 bits per heavy atom. The standard InChI is InChI=1S/C22H23N5O2.C18H22BN3O4.C10H13BrN2.C4H10.CH2O3.2Cs.H/c1-10-17(11(2)29-26-10)14-8-15(20-16(9-14)23-22(28)24-20)18-19(12-4-5-12)25-27(3)21(18)13-6-7-13;1-9-14(10(2)24-22-9)11-7-12(15-13(8-11)20-16(23)21-15)19-25-17(3,4)18(5,6)26-19;1-13-10(7-4-5-7)8(11)9(12-13)6-2-3-6;1-4(2)3;2-1-4-3;;;/h8-9,12-13H,4-7H2,1-3H3,(H2,23,24,28);7-8H,1-6H3,(H2,20,21,23);6-7H,2-5H2,1H3;4H,1-3H3;1,3H;;;/q;;;;;2*+1;-1/p-1. The molecule has 0 bridgehead atoms. The quantitative estimate of drug-likeness (QED) is 0.0695. The smallest absolute Gasteiger partial charge is 1.00 e. The monoisotopic (exact) mass is 1370 g/mol. The summed E-state index contributed by atoms with van der Waals surface area (Å²) in [6.45, 7) is 22.0. The minimum Gasteiger partial charge on any atom is -1.00 e. The van der Waals surface area contributed by atoms with Crippen LogP contribution in [0, 0.1) is 33.6 Å². The maximum Gasteiger partial charge on any atom is 1.00 e. The van der Waals surface area contributed by atoms with Crippen molar-refractivity contribution < 1.29 is 173 Å². The van der Waals surface area contributed by atoms with Crippen LogP contribution in [-0.4, -0.2) is 74.6 Å². The normalized spacial score (nSPS) is 16.9. The summed E-state index contributed by atoms with van der Waals surface area (Å²) in [4.78, 5) is 47.0. The van der Waals surface area contributed by atoms with Gasteiger partial charge in [-0.05, 0) is 158 Å². The summed E-state index contributed by atoms with van der Waals surface area (Å²) >= 11 is 3.70. The number of rotatable bonds is 9. The molecule has 78 heavy (non-hydrogen) atoms. The van der Waals surface area contributed by atoms with Crippen molar-refractivity contribution in [3.63, 3.8) is 0 Å². The molecule has 0 spiro atoms. The second-order valence-electron chi connectivity index (χ2n) is 22.6. The van der Waals surface area contributed by atoms with Gasteiger partial charge in [-0.3, -0.25) is 14.2 Å². The Labute approximate surface area is 581 Å². The molecule has 0 radical (unpaired) electrons. The molecule has 6 aromatic heterocycles. The van der Waals surface area contributed by atoms with E-state index in [2.05, 4.69) is 106 Å². The molecule has 5 fully saturated rings. The van der Waals surface area contributed by atoms with Gasteiger partial charge in [-0.2, -0.15) is 10.2 Å². The van der Waals surface area contributed by atoms with Gasteiger partial charge < -0.3 is 49.9 Å². The second kappa shape index (κ2) is 25.8. The van der Waals surface area contributed by atoms with E-state index >= 15 is 0 Å². The van der Waals surface area contributed by atoms with Gasteiger partial charge in [-0.25, -0.2) is 9.59 Å². The van der Waals surface area contributed by atoms with Crippen molar-refractivity contribution in [1.29, 1.82) is 0 Å². The Hall–Kier alpha value is -2.18. The summed E-state index contributed by atoms with van der Waals surface area (Å²) in [5.74, 6) is 4.96. The van der Waals surface area contributed by atoms with Crippen LogP contribution in [0.2, 0.25) is 0 Å². The molecule has 8 aromatic rings. The van der Waals surface area contributed by atoms with Crippen molar-refractivity contribution in [1.82, 2.24) is 49.8 Å². The fourth-order valence-corrected chi connectivity index (χ4v) is 11.0. The number of carbonyl (C=O) groups excluding carboxylic acids is 1. The van der Waals surface area contributed by atoms with Crippen LogP contribution < -0.4 is 160 Å². The van der Waals surface area contributed by atoms with Crippen LogP contribution in [0.4, 0.5) is 0 Å². The van der Waals surface area contributed by atoms with Gasteiger partial charge in [0.25, 0.3) is 6.47 Å². The zero-order valence-corrected chi connectivity index (χ0v) is 61.9. The number of imidazole rings is 2. The Morgan fingerprint density at radius 3 is 1.54 bits per heavy atom. The van der Waals surface area contributed by atoms with Crippen LogP contribution in [0.5, 0.6) is 0 Å². The van der Waals surface area contributed by atoms with Crippen LogP contribution in [-0.2, 0) is 33.1 Å². The number of nitrogens with one attached hydrogen (secondary N) is 4. The Balaban J connectivity index is 0.000000184. The van der Waals surface area contributed by atoms with Gasteiger partial charge in [-0.15, -0.1) is 0 Å². The fourth-order valence-electron chi connectivity index (χ4n) is 10.00. The first-order valence-electron chi connectivity index (χ1n) is 26.3. The number of hydrogen-bond acceptors (Lipinski definition) is 13. The number of hydrogen-bond donors (Lipinski definition) is 4. The number of aromatic nitrogens is 10. The fraction of sp³-hybridized carbons (Fsp3) is 0.509. The largest absolute Gasteiger partial charge is 1.00 e. The molecule has 4 aliphatic carbocycles. The van der Waals surface area contributed by atoms with E-state index in [4.69, 9.17) is 33.5 Å². The Kier molecular flexibility index (Phi) is 20.9. The molecule has 1 saturated heterocycles. The van der Waals surface area contributed by atoms with Crippen LogP contribution in [0.3, 0.4) is 0 Å². The van der Waals surface area contributed by atoms with Crippen LogP contribution in [0.1, 0.15) is 171 Å². The van der Waals surface area contributed by atoms with E-state index in [9.17, 15) is 9.59 Å². The van der Waals surface area contributed by atoms with E-state index in [1.807, 2.05) is 73.6 Å². The molecule has 2 aromatic carbocycles. The first-order valence-corrected chi connectivity index (χ1v) is 27.1. The number of benzene rings is 2. The third kappa shape index (κ3) is 13.9. The van der Waals surface area contributed by atoms with Crippen LogP contribution in [0.15, 0.2) is 47.4 Å². The molecule has 5 aliphatic rings. The number of fused-ring (bicyclic) bond motifs is 2. The van der Waals surface area contributed by atoms with Gasteiger partial charge in [-0.1, -0.05) is 37.2 Å². The maximum absolute atomic E-state index is 12.2. The summed E-state index contributed by atoms with van der Waals surface area (Å²) in [5.41, 5.74) is 15.3. The van der Waals surface area contributed by atoms with E-state index < -0.39 is 18.3 Å². The van der Waals surface area contributed by atoms with Crippen LogP contribution >= 0.6 is 15.9 Å². The van der Waals surface area contributed by atoms with Gasteiger partial charge in [0.15, 0.2) is 0 Å². The zero-order chi connectivity index (χ0) is 54.7. The van der Waals surface area contributed by atoms with Crippen molar-refractivity contribution >= 4 is 57.1 Å². The summed E-state index contributed by atoms with van der Waals surface area (Å²) in [6, 6.07) is 8.07. The summed E-state index contributed by atoms with van der Waals surface area (Å²) < 4.78 is 28.6. The average Bonchev–Trinajstić information content (AvgIpc) is 4.31. The number of H-pyrrole nitrogens is 4. The summed E-state index contributed by atoms with van der Waals surface area (Å²) in [5, 5.41) is 26.1. The van der Waals surface area contributed by atoms with Gasteiger partial charge in [0.05, 0.1) is 66.2 Å². The molecule has 7 heterocycles. The molecule has 0 amide bonds. The molecule has 4 saturated carbocycles. The predicted octanol–water partition coefficient (Wildman–Crippen LogP) is 3.87. The predicted molar refractivity (Wildman–Crippen MR) is 293 cm³/mol. The van der Waals surface area contributed by atoms with Gasteiger partial charge in [0.2, 0.25) is 0 Å². The minimum absolute atomic E-state index is 0. The zero-order valence-electron chi connectivity index (χ0n) is 48.7. The third-order valence-electron chi connectivity index (χ3n) is 14.8. The van der Waals surface area contributed by atoms with Crippen LogP contribution in [0.25, 0.3) is 55.4 Å². The average molecular weight is 1370 g/mol. The molecule has 0 atom stereocenters. The number of aryl methyl sites for hydroxylation is 6. The molecule has 406 valence electrons. The first kappa shape index (κ1) is 63.4. The molecule has 4 N–H and O–H groups in total. The number of nitrogens with zero attached hydrogens (tertiary/aromatic N) is 6. The number of aromatic amines is 4. The van der Waals surface area contributed by atoms with E-state index in [0.717, 1.165) is 85.0 Å². The molecule has 23 heteroatoms. The molecular weight excluding hydrogens is 1300 g/mol. The van der Waals surface area contributed by atoms with Crippen molar-refractivity contribution in [2.45, 2.75) is 162 Å². The van der Waals surface area contributed by atoms with Crippen molar-refractivity contribution in [2.75, 3.05) is 0 Å². The molecule has 1 aliphatic heterocycles. The Morgan fingerprint density at radius 1 is 0.679 bits per heavy atom. The van der Waals surface area contributed by atoms with E-state index in [0.29, 0.717) is 22.9 Å². The van der Waals surface area contributed by atoms with Gasteiger partial charge in [0.1, 0.15) is 11.5 Å². The van der Waals surface area contributed by atoms with Crippen molar-refractivity contribution in [3.05, 3.63) is 95.4 Å². The third-order valence-corrected chi connectivity index (χ3v) is 15.6. The maximum atomic E-state index is 12.2. The molecule has 13 rings (SSSR count). The molecule has 0 unspecified atom stereocenters. The van der Waals surface area contributed by atoms with Crippen molar-refractivity contribution in [3.8, 4) is 33.4 Å². The molecule has 19 nitrogen and oxygen atoms in total.